The average Bonchev–Trinajstić information content (AvgIpc) is 2.59. The van der Waals surface area contributed by atoms with Crippen LogP contribution < -0.4 is 9.47 Å². The van der Waals surface area contributed by atoms with Crippen molar-refractivity contribution in [3.8, 4) is 11.5 Å². The Hall–Kier alpha value is -2.82. The molecule has 0 bridgehead atoms. The smallest absolute Gasteiger partial charge is 0.246 e. The fourth-order valence-electron chi connectivity index (χ4n) is 2.25. The lowest BCUT2D eigenvalue weighted by Crippen LogP contribution is -2.24. The molecule has 0 saturated heterocycles. The van der Waals surface area contributed by atoms with E-state index in [1.807, 2.05) is 0 Å². The minimum atomic E-state index is -0.315. The van der Waals surface area contributed by atoms with Gasteiger partial charge in [0.1, 0.15) is 17.3 Å². The maximum absolute atomic E-state index is 13.2. The Labute approximate surface area is 141 Å². The third-order valence-corrected chi connectivity index (χ3v) is 3.53. The predicted octanol–water partition coefficient (Wildman–Crippen LogP) is 3.51. The standard InChI is InChI=1S/C19H20FNO3/c1-21(13-14-5-4-6-16(20)11-14)19(22)10-7-15-12-17(23-2)8-9-18(15)24-3/h4-12H,13H2,1-3H3. The summed E-state index contributed by atoms with van der Waals surface area (Å²) in [6.07, 6.45) is 3.13. The summed E-state index contributed by atoms with van der Waals surface area (Å²) >= 11 is 0. The van der Waals surface area contributed by atoms with Crippen molar-refractivity contribution < 1.29 is 18.7 Å². The van der Waals surface area contributed by atoms with Crippen LogP contribution in [0.2, 0.25) is 0 Å². The van der Waals surface area contributed by atoms with Crippen LogP contribution in [-0.2, 0) is 11.3 Å². The highest BCUT2D eigenvalue weighted by Gasteiger charge is 2.08. The molecule has 0 N–H and O–H groups in total. The van der Waals surface area contributed by atoms with Crippen molar-refractivity contribution in [1.82, 2.24) is 4.90 Å². The number of carbonyl (C=O) groups is 1. The number of amides is 1. The van der Waals surface area contributed by atoms with E-state index in [4.69, 9.17) is 9.47 Å². The number of hydrogen-bond acceptors (Lipinski definition) is 3. The molecule has 5 heteroatoms. The van der Waals surface area contributed by atoms with Gasteiger partial charge in [-0.1, -0.05) is 12.1 Å². The van der Waals surface area contributed by atoms with Crippen molar-refractivity contribution in [1.29, 1.82) is 0 Å². The molecule has 0 fully saturated rings. The molecule has 1 amide bonds. The van der Waals surface area contributed by atoms with E-state index in [9.17, 15) is 9.18 Å². The normalized spacial score (nSPS) is 10.7. The second kappa shape index (κ2) is 8.15. The molecular formula is C19H20FNO3. The van der Waals surface area contributed by atoms with Gasteiger partial charge in [-0.25, -0.2) is 4.39 Å². The summed E-state index contributed by atoms with van der Waals surface area (Å²) in [6.45, 7) is 0.330. The van der Waals surface area contributed by atoms with Gasteiger partial charge in [0.25, 0.3) is 0 Å². The number of carbonyl (C=O) groups excluding carboxylic acids is 1. The summed E-state index contributed by atoms with van der Waals surface area (Å²) < 4.78 is 23.7. The number of halogens is 1. The molecule has 0 radical (unpaired) electrons. The molecule has 126 valence electrons. The van der Waals surface area contributed by atoms with Gasteiger partial charge in [0, 0.05) is 25.2 Å². The van der Waals surface area contributed by atoms with Gasteiger partial charge in [0.05, 0.1) is 14.2 Å². The molecule has 0 aromatic heterocycles. The van der Waals surface area contributed by atoms with Gasteiger partial charge >= 0.3 is 0 Å². The van der Waals surface area contributed by atoms with Crippen LogP contribution in [0.1, 0.15) is 11.1 Å². The van der Waals surface area contributed by atoms with Crippen molar-refractivity contribution in [2.45, 2.75) is 6.54 Å². The Morgan fingerprint density at radius 1 is 1.17 bits per heavy atom. The highest BCUT2D eigenvalue weighted by atomic mass is 19.1. The number of rotatable bonds is 6. The van der Waals surface area contributed by atoms with Crippen molar-refractivity contribution in [2.24, 2.45) is 0 Å². The fraction of sp³-hybridized carbons (Fsp3) is 0.211. The molecule has 4 nitrogen and oxygen atoms in total. The molecule has 0 unspecified atom stereocenters. The lowest BCUT2D eigenvalue weighted by Gasteiger charge is -2.15. The van der Waals surface area contributed by atoms with Gasteiger partial charge in [-0.15, -0.1) is 0 Å². The molecule has 2 rings (SSSR count). The molecule has 0 spiro atoms. The molecule has 0 aliphatic rings. The third kappa shape index (κ3) is 4.59. The first-order chi connectivity index (χ1) is 11.5. The summed E-state index contributed by atoms with van der Waals surface area (Å²) in [5.41, 5.74) is 1.47. The number of hydrogen-bond donors (Lipinski definition) is 0. The van der Waals surface area contributed by atoms with Gasteiger partial charge in [-0.05, 0) is 42.0 Å². The Bertz CT molecular complexity index is 743. The van der Waals surface area contributed by atoms with Crippen molar-refractivity contribution in [2.75, 3.05) is 21.3 Å². The van der Waals surface area contributed by atoms with Crippen molar-refractivity contribution >= 4 is 12.0 Å². The SMILES string of the molecule is COc1ccc(OC)c(C=CC(=O)N(C)Cc2cccc(F)c2)c1. The molecule has 2 aromatic rings. The van der Waals surface area contributed by atoms with E-state index >= 15 is 0 Å². The number of nitrogens with zero attached hydrogens (tertiary/aromatic N) is 1. The van der Waals surface area contributed by atoms with E-state index in [0.29, 0.717) is 18.0 Å². The van der Waals surface area contributed by atoms with Gasteiger partial charge in [0.15, 0.2) is 0 Å². The van der Waals surface area contributed by atoms with E-state index in [1.54, 1.807) is 57.7 Å². The zero-order valence-electron chi connectivity index (χ0n) is 14.0. The van der Waals surface area contributed by atoms with E-state index in [0.717, 1.165) is 11.1 Å². The monoisotopic (exact) mass is 329 g/mol. The summed E-state index contributed by atoms with van der Waals surface area (Å²) in [4.78, 5) is 13.7. The van der Waals surface area contributed by atoms with Gasteiger partial charge < -0.3 is 14.4 Å². The van der Waals surface area contributed by atoms with Crippen LogP contribution in [0.4, 0.5) is 4.39 Å². The molecule has 0 aliphatic heterocycles. The van der Waals surface area contributed by atoms with Gasteiger partial charge in [0.2, 0.25) is 5.91 Å². The zero-order chi connectivity index (χ0) is 17.5. The number of ether oxygens (including phenoxy) is 2. The second-order valence-corrected chi connectivity index (χ2v) is 5.27. The molecule has 24 heavy (non-hydrogen) atoms. The Morgan fingerprint density at radius 2 is 1.96 bits per heavy atom. The van der Waals surface area contributed by atoms with E-state index in [-0.39, 0.29) is 11.7 Å². The first kappa shape index (κ1) is 17.5. The minimum Gasteiger partial charge on any atom is -0.497 e. The Morgan fingerprint density at radius 3 is 2.62 bits per heavy atom. The van der Waals surface area contributed by atoms with Crippen LogP contribution >= 0.6 is 0 Å². The van der Waals surface area contributed by atoms with Gasteiger partial charge in [-0.2, -0.15) is 0 Å². The lowest BCUT2D eigenvalue weighted by molar-refractivity contribution is -0.125. The fourth-order valence-corrected chi connectivity index (χ4v) is 2.25. The summed E-state index contributed by atoms with van der Waals surface area (Å²) in [5.74, 6) is 0.817. The topological polar surface area (TPSA) is 38.8 Å². The first-order valence-electron chi connectivity index (χ1n) is 7.43. The number of benzene rings is 2. The molecule has 0 heterocycles. The maximum atomic E-state index is 13.2. The molecule has 0 saturated carbocycles. The summed E-state index contributed by atoms with van der Waals surface area (Å²) in [6, 6.07) is 11.5. The van der Waals surface area contributed by atoms with E-state index in [2.05, 4.69) is 0 Å². The third-order valence-electron chi connectivity index (χ3n) is 3.53. The highest BCUT2D eigenvalue weighted by Crippen LogP contribution is 2.25. The first-order valence-corrected chi connectivity index (χ1v) is 7.43. The van der Waals surface area contributed by atoms with Crippen molar-refractivity contribution in [3.05, 3.63) is 65.5 Å². The summed E-state index contributed by atoms with van der Waals surface area (Å²) in [5, 5.41) is 0. The zero-order valence-corrected chi connectivity index (χ0v) is 14.0. The largest absolute Gasteiger partial charge is 0.497 e. The van der Waals surface area contributed by atoms with Crippen LogP contribution in [0.3, 0.4) is 0 Å². The van der Waals surface area contributed by atoms with Crippen LogP contribution in [0.25, 0.3) is 6.08 Å². The van der Waals surface area contributed by atoms with E-state index < -0.39 is 0 Å². The average molecular weight is 329 g/mol. The number of methoxy groups -OCH3 is 2. The molecule has 0 atom stereocenters. The molecular weight excluding hydrogens is 309 g/mol. The Balaban J connectivity index is 2.09. The van der Waals surface area contributed by atoms with Crippen LogP contribution in [0.5, 0.6) is 11.5 Å². The van der Waals surface area contributed by atoms with Crippen molar-refractivity contribution in [3.63, 3.8) is 0 Å². The number of likely N-dealkylation sites (N-methyl/N-ethyl adjacent to an activating group) is 1. The van der Waals surface area contributed by atoms with Gasteiger partial charge in [-0.3, -0.25) is 4.79 Å². The van der Waals surface area contributed by atoms with Crippen LogP contribution in [0.15, 0.2) is 48.5 Å². The lowest BCUT2D eigenvalue weighted by atomic mass is 10.1. The second-order valence-electron chi connectivity index (χ2n) is 5.27. The predicted molar refractivity (Wildman–Crippen MR) is 91.5 cm³/mol. The van der Waals surface area contributed by atoms with Crippen LogP contribution in [-0.4, -0.2) is 32.1 Å². The maximum Gasteiger partial charge on any atom is 0.246 e. The Kier molecular flexibility index (Phi) is 5.95. The minimum absolute atomic E-state index is 0.191. The van der Waals surface area contributed by atoms with Crippen LogP contribution in [0, 0.1) is 5.82 Å². The summed E-state index contributed by atoms with van der Waals surface area (Å²) in [7, 11) is 4.81. The highest BCUT2D eigenvalue weighted by molar-refractivity contribution is 5.92. The van der Waals surface area contributed by atoms with E-state index in [1.165, 1.54) is 23.1 Å². The molecule has 0 aliphatic carbocycles. The quantitative estimate of drug-likeness (QED) is 0.761. The molecule has 2 aromatic carbocycles.